The number of rotatable bonds is 6. The second-order valence-corrected chi connectivity index (χ2v) is 6.68. The van der Waals surface area contributed by atoms with Crippen molar-refractivity contribution < 1.29 is 9.59 Å². The average molecular weight is 329 g/mol. The molecule has 1 fully saturated rings. The number of thiophene rings is 1. The molecule has 2 heterocycles. The predicted molar refractivity (Wildman–Crippen MR) is 85.7 cm³/mol. The predicted octanol–water partition coefficient (Wildman–Crippen LogP) is 2.42. The van der Waals surface area contributed by atoms with E-state index in [4.69, 9.17) is 11.6 Å². The molecule has 0 saturated carbocycles. The van der Waals surface area contributed by atoms with Crippen LogP contribution in [0.15, 0.2) is 17.5 Å². The molecule has 0 unspecified atom stereocenters. The van der Waals surface area contributed by atoms with Gasteiger partial charge in [0.25, 0.3) is 0 Å². The molecule has 1 aliphatic heterocycles. The Balaban J connectivity index is 1.70. The van der Waals surface area contributed by atoms with Crippen LogP contribution in [0.3, 0.4) is 0 Å². The van der Waals surface area contributed by atoms with Crippen molar-refractivity contribution in [3.05, 3.63) is 22.4 Å². The maximum Gasteiger partial charge on any atom is 0.227 e. The third-order valence-corrected chi connectivity index (χ3v) is 4.80. The molecule has 21 heavy (non-hydrogen) atoms. The molecule has 1 saturated heterocycles. The van der Waals surface area contributed by atoms with Crippen LogP contribution >= 0.6 is 22.9 Å². The number of hydrogen-bond donors (Lipinski definition) is 1. The van der Waals surface area contributed by atoms with Gasteiger partial charge >= 0.3 is 0 Å². The summed E-state index contributed by atoms with van der Waals surface area (Å²) in [6.07, 6.45) is 3.36. The minimum atomic E-state index is 0.0685. The summed E-state index contributed by atoms with van der Waals surface area (Å²) in [6.45, 7) is 1.45. The lowest BCUT2D eigenvalue weighted by Crippen LogP contribution is -2.46. The first-order chi connectivity index (χ1) is 10.2. The Morgan fingerprint density at radius 2 is 2.14 bits per heavy atom. The fourth-order valence-corrected chi connectivity index (χ4v) is 3.30. The Bertz CT molecular complexity index is 456. The van der Waals surface area contributed by atoms with Crippen molar-refractivity contribution in [1.29, 1.82) is 0 Å². The normalized spacial score (nSPS) is 16.0. The Kier molecular flexibility index (Phi) is 6.51. The maximum atomic E-state index is 12.2. The number of nitrogens with zero attached hydrogens (tertiary/aromatic N) is 1. The molecular weight excluding hydrogens is 308 g/mol. The highest BCUT2D eigenvalue weighted by Gasteiger charge is 2.23. The second-order valence-electron chi connectivity index (χ2n) is 5.27. The van der Waals surface area contributed by atoms with E-state index in [1.165, 1.54) is 0 Å². The maximum absolute atomic E-state index is 12.2. The summed E-state index contributed by atoms with van der Waals surface area (Å²) in [6, 6.07) is 4.15. The molecule has 6 heteroatoms. The number of halogens is 1. The summed E-state index contributed by atoms with van der Waals surface area (Å²) in [5, 5.41) is 5.02. The molecule has 1 aliphatic rings. The molecule has 0 aromatic carbocycles. The van der Waals surface area contributed by atoms with E-state index in [1.54, 1.807) is 11.3 Å². The van der Waals surface area contributed by atoms with Crippen LogP contribution in [-0.2, 0) is 16.0 Å². The van der Waals surface area contributed by atoms with Crippen molar-refractivity contribution in [2.75, 3.05) is 19.0 Å². The molecule has 1 aromatic rings. The molecule has 0 atom stereocenters. The van der Waals surface area contributed by atoms with Gasteiger partial charge in [0.1, 0.15) is 0 Å². The first-order valence-corrected chi connectivity index (χ1v) is 8.76. The van der Waals surface area contributed by atoms with E-state index < -0.39 is 0 Å². The molecule has 0 spiro atoms. The van der Waals surface area contributed by atoms with Gasteiger partial charge in [-0.25, -0.2) is 0 Å². The molecule has 1 aromatic heterocycles. The van der Waals surface area contributed by atoms with Gasteiger partial charge in [-0.15, -0.1) is 22.9 Å². The zero-order valence-corrected chi connectivity index (χ0v) is 13.6. The monoisotopic (exact) mass is 328 g/mol. The largest absolute Gasteiger partial charge is 0.353 e. The van der Waals surface area contributed by atoms with E-state index in [0.717, 1.165) is 30.8 Å². The molecule has 2 rings (SSSR count). The van der Waals surface area contributed by atoms with Gasteiger partial charge in [-0.05, 0) is 30.7 Å². The van der Waals surface area contributed by atoms with E-state index in [-0.39, 0.29) is 17.9 Å². The highest BCUT2D eigenvalue weighted by molar-refractivity contribution is 7.10. The third kappa shape index (κ3) is 5.32. The van der Waals surface area contributed by atoms with Crippen LogP contribution < -0.4 is 5.32 Å². The Hall–Kier alpha value is -1.07. The van der Waals surface area contributed by atoms with Crippen molar-refractivity contribution in [1.82, 2.24) is 10.2 Å². The van der Waals surface area contributed by atoms with Crippen molar-refractivity contribution in [3.63, 3.8) is 0 Å². The van der Waals surface area contributed by atoms with E-state index >= 15 is 0 Å². The molecule has 4 nitrogen and oxygen atoms in total. The Morgan fingerprint density at radius 3 is 2.76 bits per heavy atom. The number of alkyl halides is 1. The summed E-state index contributed by atoms with van der Waals surface area (Å²) in [4.78, 5) is 26.8. The van der Waals surface area contributed by atoms with Crippen molar-refractivity contribution in [2.45, 2.75) is 38.1 Å². The SMILES string of the molecule is O=C(CCCCl)NC1CCN(C(=O)Cc2cccs2)CC1. The van der Waals surface area contributed by atoms with Gasteiger partial charge in [0.2, 0.25) is 11.8 Å². The van der Waals surface area contributed by atoms with E-state index in [2.05, 4.69) is 5.32 Å². The minimum Gasteiger partial charge on any atom is -0.353 e. The molecule has 0 bridgehead atoms. The van der Waals surface area contributed by atoms with Crippen molar-refractivity contribution in [2.24, 2.45) is 0 Å². The second kappa shape index (κ2) is 8.39. The van der Waals surface area contributed by atoms with Crippen LogP contribution in [0.4, 0.5) is 0 Å². The van der Waals surface area contributed by atoms with Gasteiger partial charge in [0, 0.05) is 36.3 Å². The lowest BCUT2D eigenvalue weighted by Gasteiger charge is -2.32. The van der Waals surface area contributed by atoms with Gasteiger partial charge < -0.3 is 10.2 Å². The number of likely N-dealkylation sites (tertiary alicyclic amines) is 1. The zero-order valence-electron chi connectivity index (χ0n) is 12.0. The summed E-state index contributed by atoms with van der Waals surface area (Å²) >= 11 is 7.19. The van der Waals surface area contributed by atoms with E-state index in [9.17, 15) is 9.59 Å². The zero-order chi connectivity index (χ0) is 15.1. The smallest absolute Gasteiger partial charge is 0.227 e. The third-order valence-electron chi connectivity index (χ3n) is 3.66. The lowest BCUT2D eigenvalue weighted by molar-refractivity contribution is -0.131. The fourth-order valence-electron chi connectivity index (χ4n) is 2.47. The molecule has 116 valence electrons. The highest BCUT2D eigenvalue weighted by Crippen LogP contribution is 2.15. The Morgan fingerprint density at radius 1 is 1.38 bits per heavy atom. The highest BCUT2D eigenvalue weighted by atomic mass is 35.5. The summed E-state index contributed by atoms with van der Waals surface area (Å²) < 4.78 is 0. The first kappa shape index (κ1) is 16.3. The van der Waals surface area contributed by atoms with Gasteiger partial charge in [0.05, 0.1) is 6.42 Å². The molecule has 0 radical (unpaired) electrons. The fraction of sp³-hybridized carbons (Fsp3) is 0.600. The van der Waals surface area contributed by atoms with E-state index in [1.807, 2.05) is 22.4 Å². The van der Waals surface area contributed by atoms with Crippen molar-refractivity contribution >= 4 is 34.8 Å². The molecular formula is C15H21ClN2O2S. The standard InChI is InChI=1S/C15H21ClN2O2S/c16-7-1-4-14(19)17-12-5-8-18(9-6-12)15(20)11-13-3-2-10-21-13/h2-3,10,12H,1,4-9,11H2,(H,17,19). The summed E-state index contributed by atoms with van der Waals surface area (Å²) in [7, 11) is 0. The summed E-state index contributed by atoms with van der Waals surface area (Å²) in [5.74, 6) is 0.770. The number of piperidine rings is 1. The van der Waals surface area contributed by atoms with Crippen LogP contribution in [0.25, 0.3) is 0 Å². The van der Waals surface area contributed by atoms with Gasteiger partial charge in [-0.3, -0.25) is 9.59 Å². The Labute approximate surface area is 134 Å². The first-order valence-electron chi connectivity index (χ1n) is 7.34. The van der Waals surface area contributed by atoms with Gasteiger partial charge in [-0.1, -0.05) is 6.07 Å². The van der Waals surface area contributed by atoms with Crippen LogP contribution in [0.5, 0.6) is 0 Å². The van der Waals surface area contributed by atoms with Gasteiger partial charge in [0.15, 0.2) is 0 Å². The minimum absolute atomic E-state index is 0.0685. The van der Waals surface area contributed by atoms with Crippen LogP contribution in [-0.4, -0.2) is 41.7 Å². The number of nitrogens with one attached hydrogen (secondary N) is 1. The number of carbonyl (C=O) groups excluding carboxylic acids is 2. The lowest BCUT2D eigenvalue weighted by atomic mass is 10.0. The summed E-state index contributed by atoms with van der Waals surface area (Å²) in [5.41, 5.74) is 0. The quantitative estimate of drug-likeness (QED) is 0.815. The van der Waals surface area contributed by atoms with Crippen LogP contribution in [0.1, 0.15) is 30.6 Å². The number of amides is 2. The van der Waals surface area contributed by atoms with E-state index in [0.29, 0.717) is 25.1 Å². The number of carbonyl (C=O) groups is 2. The van der Waals surface area contributed by atoms with Crippen LogP contribution in [0, 0.1) is 0 Å². The molecule has 2 amide bonds. The molecule has 0 aliphatic carbocycles. The van der Waals surface area contributed by atoms with Crippen molar-refractivity contribution in [3.8, 4) is 0 Å². The van der Waals surface area contributed by atoms with Gasteiger partial charge in [-0.2, -0.15) is 0 Å². The number of hydrogen-bond acceptors (Lipinski definition) is 3. The molecule has 1 N–H and O–H groups in total. The topological polar surface area (TPSA) is 49.4 Å². The average Bonchev–Trinajstić information content (AvgIpc) is 2.98. The van der Waals surface area contributed by atoms with Crippen LogP contribution in [0.2, 0.25) is 0 Å².